The molecule has 1 atom stereocenters. The maximum atomic E-state index is 12.8. The highest BCUT2D eigenvalue weighted by molar-refractivity contribution is 5.76. The van der Waals surface area contributed by atoms with E-state index in [1.165, 1.54) is 12.1 Å². The van der Waals surface area contributed by atoms with Gasteiger partial charge >= 0.3 is 5.97 Å². The standard InChI is InChI=1S/C15H20FNO3/c1-11(12-5-7-13(16)8-6-12)10-14(18)17(2)9-3-4-15(19)20/h5-8,11H,3-4,9-10H2,1-2H3,(H,19,20). The summed E-state index contributed by atoms with van der Waals surface area (Å²) in [5, 5.41) is 8.55. The summed E-state index contributed by atoms with van der Waals surface area (Å²) in [6.07, 6.45) is 0.836. The number of nitrogens with zero attached hydrogens (tertiary/aromatic N) is 1. The van der Waals surface area contributed by atoms with Crippen LogP contribution in [0.5, 0.6) is 0 Å². The molecule has 0 heterocycles. The third kappa shape index (κ3) is 5.38. The summed E-state index contributed by atoms with van der Waals surface area (Å²) in [6, 6.07) is 6.12. The van der Waals surface area contributed by atoms with Crippen LogP contribution in [0.4, 0.5) is 4.39 Å². The van der Waals surface area contributed by atoms with Crippen LogP contribution in [0.25, 0.3) is 0 Å². The number of halogens is 1. The Morgan fingerprint density at radius 1 is 1.30 bits per heavy atom. The second kappa shape index (κ2) is 7.62. The molecule has 0 fully saturated rings. The van der Waals surface area contributed by atoms with Crippen molar-refractivity contribution in [3.05, 3.63) is 35.6 Å². The summed E-state index contributed by atoms with van der Waals surface area (Å²) in [6.45, 7) is 2.34. The normalized spacial score (nSPS) is 11.9. The summed E-state index contributed by atoms with van der Waals surface area (Å²) >= 11 is 0. The van der Waals surface area contributed by atoms with Gasteiger partial charge in [0.25, 0.3) is 0 Å². The van der Waals surface area contributed by atoms with E-state index in [-0.39, 0.29) is 24.1 Å². The number of carboxylic acids is 1. The molecule has 1 aromatic rings. The molecule has 0 saturated heterocycles. The fourth-order valence-electron chi connectivity index (χ4n) is 1.92. The predicted molar refractivity (Wildman–Crippen MR) is 73.9 cm³/mol. The number of carbonyl (C=O) groups is 2. The molecule has 110 valence electrons. The number of hydrogen-bond acceptors (Lipinski definition) is 2. The molecule has 4 nitrogen and oxygen atoms in total. The third-order valence-electron chi connectivity index (χ3n) is 3.23. The Morgan fingerprint density at radius 3 is 2.45 bits per heavy atom. The van der Waals surface area contributed by atoms with Crippen LogP contribution < -0.4 is 0 Å². The van der Waals surface area contributed by atoms with Crippen molar-refractivity contribution in [3.63, 3.8) is 0 Å². The molecule has 1 N–H and O–H groups in total. The van der Waals surface area contributed by atoms with E-state index in [9.17, 15) is 14.0 Å². The average molecular weight is 281 g/mol. The average Bonchev–Trinajstić information content (AvgIpc) is 2.38. The zero-order valence-corrected chi connectivity index (χ0v) is 11.8. The van der Waals surface area contributed by atoms with Crippen LogP contribution >= 0.6 is 0 Å². The SMILES string of the molecule is CC(CC(=O)N(C)CCCC(=O)O)c1ccc(F)cc1. The van der Waals surface area contributed by atoms with Crippen LogP contribution in [0.3, 0.4) is 0 Å². The highest BCUT2D eigenvalue weighted by atomic mass is 19.1. The molecule has 5 heteroatoms. The molecule has 0 saturated carbocycles. The molecular formula is C15H20FNO3. The summed E-state index contributed by atoms with van der Waals surface area (Å²) < 4.78 is 12.8. The Balaban J connectivity index is 2.44. The first-order chi connectivity index (χ1) is 9.40. The van der Waals surface area contributed by atoms with E-state index in [4.69, 9.17) is 5.11 Å². The minimum absolute atomic E-state index is 0.00465. The molecule has 1 aromatic carbocycles. The summed E-state index contributed by atoms with van der Waals surface area (Å²) in [7, 11) is 1.67. The van der Waals surface area contributed by atoms with Gasteiger partial charge in [0.05, 0.1) is 0 Å². The largest absolute Gasteiger partial charge is 0.481 e. The van der Waals surface area contributed by atoms with Gasteiger partial charge in [0.2, 0.25) is 5.91 Å². The Morgan fingerprint density at radius 2 is 1.90 bits per heavy atom. The first kappa shape index (κ1) is 16.1. The van der Waals surface area contributed by atoms with Gasteiger partial charge in [-0.3, -0.25) is 9.59 Å². The van der Waals surface area contributed by atoms with E-state index in [0.29, 0.717) is 19.4 Å². The Kier molecular flexibility index (Phi) is 6.15. The molecule has 0 aliphatic carbocycles. The lowest BCUT2D eigenvalue weighted by Gasteiger charge is -2.19. The number of benzene rings is 1. The Hall–Kier alpha value is -1.91. The van der Waals surface area contributed by atoms with Crippen molar-refractivity contribution in [1.82, 2.24) is 4.90 Å². The van der Waals surface area contributed by atoms with E-state index in [2.05, 4.69) is 0 Å². The van der Waals surface area contributed by atoms with Gasteiger partial charge in [0.1, 0.15) is 5.82 Å². The number of carboxylic acid groups (broad SMARTS) is 1. The number of aliphatic carboxylic acids is 1. The lowest BCUT2D eigenvalue weighted by molar-refractivity contribution is -0.138. The molecule has 1 amide bonds. The van der Waals surface area contributed by atoms with E-state index < -0.39 is 5.97 Å². The van der Waals surface area contributed by atoms with Crippen molar-refractivity contribution < 1.29 is 19.1 Å². The predicted octanol–water partition coefficient (Wildman–Crippen LogP) is 2.64. The highest BCUT2D eigenvalue weighted by Gasteiger charge is 2.15. The monoisotopic (exact) mass is 281 g/mol. The topological polar surface area (TPSA) is 57.6 Å². The van der Waals surface area contributed by atoms with Crippen LogP contribution in [-0.2, 0) is 9.59 Å². The lowest BCUT2D eigenvalue weighted by Crippen LogP contribution is -2.29. The van der Waals surface area contributed by atoms with Crippen LogP contribution in [-0.4, -0.2) is 35.5 Å². The maximum Gasteiger partial charge on any atom is 0.303 e. The molecule has 0 aromatic heterocycles. The van der Waals surface area contributed by atoms with Gasteiger partial charge in [0, 0.05) is 26.4 Å². The van der Waals surface area contributed by atoms with Crippen LogP contribution in [0.15, 0.2) is 24.3 Å². The van der Waals surface area contributed by atoms with E-state index in [1.54, 1.807) is 24.1 Å². The zero-order valence-electron chi connectivity index (χ0n) is 11.8. The Bertz CT molecular complexity index is 459. The first-order valence-electron chi connectivity index (χ1n) is 6.61. The van der Waals surface area contributed by atoms with Crippen molar-refractivity contribution >= 4 is 11.9 Å². The van der Waals surface area contributed by atoms with Crippen LogP contribution in [0, 0.1) is 5.82 Å². The van der Waals surface area contributed by atoms with E-state index in [1.807, 2.05) is 6.92 Å². The number of amides is 1. The molecule has 0 aliphatic heterocycles. The third-order valence-corrected chi connectivity index (χ3v) is 3.23. The van der Waals surface area contributed by atoms with Crippen molar-refractivity contribution in [2.75, 3.05) is 13.6 Å². The van der Waals surface area contributed by atoms with E-state index in [0.717, 1.165) is 5.56 Å². The van der Waals surface area contributed by atoms with Gasteiger partial charge in [-0.1, -0.05) is 19.1 Å². The van der Waals surface area contributed by atoms with Crippen molar-refractivity contribution in [2.45, 2.75) is 32.1 Å². The molecule has 1 rings (SSSR count). The molecule has 20 heavy (non-hydrogen) atoms. The van der Waals surface area contributed by atoms with Crippen LogP contribution in [0.2, 0.25) is 0 Å². The molecule has 0 spiro atoms. The van der Waals surface area contributed by atoms with E-state index >= 15 is 0 Å². The number of hydrogen-bond donors (Lipinski definition) is 1. The van der Waals surface area contributed by atoms with Crippen molar-refractivity contribution in [2.24, 2.45) is 0 Å². The molecular weight excluding hydrogens is 261 g/mol. The summed E-state index contributed by atoms with van der Waals surface area (Å²) in [5.41, 5.74) is 0.915. The Labute approximate surface area is 118 Å². The summed E-state index contributed by atoms with van der Waals surface area (Å²) in [4.78, 5) is 23.9. The van der Waals surface area contributed by atoms with Gasteiger partial charge in [-0.15, -0.1) is 0 Å². The first-order valence-corrected chi connectivity index (χ1v) is 6.61. The lowest BCUT2D eigenvalue weighted by atomic mass is 9.97. The van der Waals surface area contributed by atoms with Gasteiger partial charge < -0.3 is 10.0 Å². The molecule has 1 unspecified atom stereocenters. The summed E-state index contributed by atoms with van der Waals surface area (Å²) in [5.74, 6) is -1.18. The van der Waals surface area contributed by atoms with Crippen molar-refractivity contribution in [3.8, 4) is 0 Å². The zero-order chi connectivity index (χ0) is 15.1. The van der Waals surface area contributed by atoms with Crippen LogP contribution in [0.1, 0.15) is 37.7 Å². The van der Waals surface area contributed by atoms with Gasteiger partial charge in [-0.05, 0) is 30.0 Å². The molecule has 0 radical (unpaired) electrons. The fourth-order valence-corrected chi connectivity index (χ4v) is 1.92. The van der Waals surface area contributed by atoms with Gasteiger partial charge in [-0.25, -0.2) is 4.39 Å². The molecule has 0 bridgehead atoms. The van der Waals surface area contributed by atoms with Gasteiger partial charge in [0.15, 0.2) is 0 Å². The smallest absolute Gasteiger partial charge is 0.303 e. The number of rotatable bonds is 7. The minimum Gasteiger partial charge on any atom is -0.481 e. The quantitative estimate of drug-likeness (QED) is 0.836. The number of carbonyl (C=O) groups excluding carboxylic acids is 1. The van der Waals surface area contributed by atoms with Crippen molar-refractivity contribution in [1.29, 1.82) is 0 Å². The minimum atomic E-state index is -0.856. The second-order valence-electron chi connectivity index (χ2n) is 4.97. The maximum absolute atomic E-state index is 12.8. The highest BCUT2D eigenvalue weighted by Crippen LogP contribution is 2.20. The molecule has 0 aliphatic rings. The second-order valence-corrected chi connectivity index (χ2v) is 4.97. The fraction of sp³-hybridized carbons (Fsp3) is 0.467. The van der Waals surface area contributed by atoms with Gasteiger partial charge in [-0.2, -0.15) is 0 Å².